The Labute approximate surface area is 233 Å². The Bertz CT molecular complexity index is 1050. The molecule has 0 spiro atoms. The average molecular weight is 511 g/mol. The van der Waals surface area contributed by atoms with Crippen molar-refractivity contribution in [2.45, 2.75) is 151 Å². The third-order valence-electron chi connectivity index (χ3n) is 18.1. The molecule has 0 aromatic rings. The van der Waals surface area contributed by atoms with E-state index in [0.717, 1.165) is 5.92 Å². The standard InChI is InChI=1S/C37H66/c1-23-25-30(8,9)32(12,13)33(14,15)34(16,17)37(25,20)36(19)26(29(23,6)7)24-21-27(2,3)31(10,11)35(24,18)22-28(36,4)5/h24,26H,21-22H2,1-20H3. The van der Waals surface area contributed by atoms with Crippen LogP contribution >= 0.6 is 0 Å². The Hall–Kier alpha value is -0.260. The zero-order chi connectivity index (χ0) is 29.2. The van der Waals surface area contributed by atoms with Crippen LogP contribution in [0.1, 0.15) is 151 Å². The van der Waals surface area contributed by atoms with Crippen molar-refractivity contribution in [2.24, 2.45) is 71.4 Å². The highest BCUT2D eigenvalue weighted by Gasteiger charge is 2.82. The molecule has 4 aliphatic rings. The maximum Gasteiger partial charge on any atom is 0.00103 e. The van der Waals surface area contributed by atoms with E-state index < -0.39 is 0 Å². The third kappa shape index (κ3) is 2.53. The van der Waals surface area contributed by atoms with Crippen LogP contribution in [0.2, 0.25) is 0 Å². The summed E-state index contributed by atoms with van der Waals surface area (Å²) in [6, 6.07) is 0. The topological polar surface area (TPSA) is 0 Å². The van der Waals surface area contributed by atoms with Crippen LogP contribution in [-0.4, -0.2) is 0 Å². The lowest BCUT2D eigenvalue weighted by atomic mass is 9.21. The number of allylic oxidation sites excluding steroid dienone is 2. The normalized spacial score (nSPS) is 47.0. The van der Waals surface area contributed by atoms with E-state index in [9.17, 15) is 0 Å². The molecule has 0 nitrogen and oxygen atoms in total. The fourth-order valence-corrected chi connectivity index (χ4v) is 13.0. The molecule has 5 atom stereocenters. The number of hydrogen-bond donors (Lipinski definition) is 0. The predicted molar refractivity (Wildman–Crippen MR) is 163 cm³/mol. The summed E-state index contributed by atoms with van der Waals surface area (Å²) in [5.41, 5.74) is 5.74. The van der Waals surface area contributed by atoms with Crippen molar-refractivity contribution in [3.05, 3.63) is 11.1 Å². The van der Waals surface area contributed by atoms with E-state index in [2.05, 4.69) is 138 Å². The molecule has 0 aromatic carbocycles. The molecule has 0 aromatic heterocycles. The van der Waals surface area contributed by atoms with Gasteiger partial charge < -0.3 is 0 Å². The Morgan fingerprint density at radius 3 is 1.46 bits per heavy atom. The Kier molecular flexibility index (Phi) is 5.45. The second kappa shape index (κ2) is 6.78. The van der Waals surface area contributed by atoms with Crippen LogP contribution in [0, 0.1) is 71.4 Å². The average Bonchev–Trinajstić information content (AvgIpc) is 2.81. The van der Waals surface area contributed by atoms with Crippen molar-refractivity contribution in [3.63, 3.8) is 0 Å². The largest absolute Gasteiger partial charge is 0.0670 e. The van der Waals surface area contributed by atoms with Crippen LogP contribution in [0.25, 0.3) is 0 Å². The zero-order valence-electron chi connectivity index (χ0n) is 29.1. The van der Waals surface area contributed by atoms with Gasteiger partial charge in [-0.1, -0.05) is 143 Å². The van der Waals surface area contributed by atoms with Gasteiger partial charge in [-0.2, -0.15) is 0 Å². The molecule has 37 heavy (non-hydrogen) atoms. The lowest BCUT2D eigenvalue weighted by Crippen LogP contribution is -2.77. The second-order valence-electron chi connectivity index (χ2n) is 19.8. The zero-order valence-corrected chi connectivity index (χ0v) is 29.1. The van der Waals surface area contributed by atoms with E-state index in [1.165, 1.54) is 12.8 Å². The highest BCUT2D eigenvalue weighted by atomic mass is 14.9. The Morgan fingerprint density at radius 1 is 0.541 bits per heavy atom. The van der Waals surface area contributed by atoms with Crippen molar-refractivity contribution in [1.29, 1.82) is 0 Å². The van der Waals surface area contributed by atoms with Crippen molar-refractivity contribution in [3.8, 4) is 0 Å². The SMILES string of the molecule is CC1=C2C(C)(C)C(C)(C)C(C)(C)C(C)(C)C2(C)C2(C)C(C3CC(C)(C)C(C)(C)C3(C)CC2(C)C)C1(C)C. The van der Waals surface area contributed by atoms with Crippen LogP contribution in [0.3, 0.4) is 0 Å². The van der Waals surface area contributed by atoms with Gasteiger partial charge in [0.25, 0.3) is 0 Å². The maximum atomic E-state index is 2.80. The molecule has 0 heteroatoms. The predicted octanol–water partition coefficient (Wildman–Crippen LogP) is 11.6. The second-order valence-corrected chi connectivity index (χ2v) is 19.8. The van der Waals surface area contributed by atoms with Crippen LogP contribution < -0.4 is 0 Å². The van der Waals surface area contributed by atoms with Crippen molar-refractivity contribution in [2.75, 3.05) is 0 Å². The van der Waals surface area contributed by atoms with E-state index in [4.69, 9.17) is 0 Å². The summed E-state index contributed by atoms with van der Waals surface area (Å²) in [6.07, 6.45) is 2.68. The molecule has 0 amide bonds. The quantitative estimate of drug-likeness (QED) is 0.284. The van der Waals surface area contributed by atoms with Crippen LogP contribution in [0.15, 0.2) is 11.1 Å². The minimum absolute atomic E-state index is 0.0918. The molecular formula is C37H66. The number of fused-ring (bicyclic) bond motifs is 5. The molecule has 4 aliphatic carbocycles. The Morgan fingerprint density at radius 2 is 1.00 bits per heavy atom. The van der Waals surface area contributed by atoms with E-state index in [1.807, 2.05) is 5.57 Å². The molecule has 0 bridgehead atoms. The molecule has 3 saturated carbocycles. The van der Waals surface area contributed by atoms with Crippen molar-refractivity contribution < 1.29 is 0 Å². The van der Waals surface area contributed by atoms with Gasteiger partial charge >= 0.3 is 0 Å². The molecule has 0 saturated heterocycles. The number of rotatable bonds is 0. The van der Waals surface area contributed by atoms with Gasteiger partial charge in [0.2, 0.25) is 0 Å². The van der Waals surface area contributed by atoms with E-state index in [0.29, 0.717) is 22.2 Å². The van der Waals surface area contributed by atoms with Gasteiger partial charge in [0.15, 0.2) is 0 Å². The summed E-state index contributed by atoms with van der Waals surface area (Å²) in [5, 5.41) is 0. The summed E-state index contributed by atoms with van der Waals surface area (Å²) >= 11 is 0. The van der Waals surface area contributed by atoms with Gasteiger partial charge in [0, 0.05) is 5.41 Å². The summed E-state index contributed by atoms with van der Waals surface area (Å²) in [5.74, 6) is 1.38. The summed E-state index contributed by atoms with van der Waals surface area (Å²) in [4.78, 5) is 0. The minimum Gasteiger partial charge on any atom is -0.0670 e. The van der Waals surface area contributed by atoms with Gasteiger partial charge in [-0.05, 0) is 85.8 Å². The highest BCUT2D eigenvalue weighted by Crippen LogP contribution is 2.89. The lowest BCUT2D eigenvalue weighted by Gasteiger charge is -2.83. The number of hydrogen-bond acceptors (Lipinski definition) is 0. The van der Waals surface area contributed by atoms with Gasteiger partial charge in [0.1, 0.15) is 0 Å². The maximum absolute atomic E-state index is 2.80. The fourth-order valence-electron chi connectivity index (χ4n) is 13.0. The van der Waals surface area contributed by atoms with Gasteiger partial charge in [-0.3, -0.25) is 0 Å². The first-order chi connectivity index (χ1) is 15.9. The fraction of sp³-hybridized carbons (Fsp3) is 0.946. The molecule has 4 rings (SSSR count). The summed E-state index contributed by atoms with van der Waals surface area (Å²) in [6.45, 7) is 53.0. The van der Waals surface area contributed by atoms with Crippen LogP contribution in [0.4, 0.5) is 0 Å². The van der Waals surface area contributed by atoms with Gasteiger partial charge in [0.05, 0.1) is 0 Å². The first-order valence-corrected chi connectivity index (χ1v) is 15.7. The molecule has 5 unspecified atom stereocenters. The summed E-state index contributed by atoms with van der Waals surface area (Å²) < 4.78 is 0. The van der Waals surface area contributed by atoms with Crippen molar-refractivity contribution >= 4 is 0 Å². The first-order valence-electron chi connectivity index (χ1n) is 15.7. The highest BCUT2D eigenvalue weighted by molar-refractivity contribution is 5.47. The molecule has 214 valence electrons. The van der Waals surface area contributed by atoms with Crippen LogP contribution in [-0.2, 0) is 0 Å². The Balaban J connectivity index is 2.22. The molecule has 0 N–H and O–H groups in total. The van der Waals surface area contributed by atoms with E-state index in [1.54, 1.807) is 5.57 Å². The monoisotopic (exact) mass is 511 g/mol. The van der Waals surface area contributed by atoms with E-state index in [-0.39, 0.29) is 43.3 Å². The molecule has 0 aliphatic heterocycles. The van der Waals surface area contributed by atoms with E-state index >= 15 is 0 Å². The smallest absolute Gasteiger partial charge is 0.00103 e. The molecule has 0 heterocycles. The van der Waals surface area contributed by atoms with Gasteiger partial charge in [-0.15, -0.1) is 0 Å². The molecular weight excluding hydrogens is 444 g/mol. The lowest BCUT2D eigenvalue weighted by molar-refractivity contribution is -0.298. The third-order valence-corrected chi connectivity index (χ3v) is 18.1. The van der Waals surface area contributed by atoms with Crippen LogP contribution in [0.5, 0.6) is 0 Å². The molecule has 3 fully saturated rings. The van der Waals surface area contributed by atoms with Crippen molar-refractivity contribution in [1.82, 2.24) is 0 Å². The minimum atomic E-state index is 0.0918. The summed E-state index contributed by atoms with van der Waals surface area (Å²) in [7, 11) is 0. The van der Waals surface area contributed by atoms with Gasteiger partial charge in [-0.25, -0.2) is 0 Å². The first kappa shape index (κ1) is 29.7. The molecule has 0 radical (unpaired) electrons.